The summed E-state index contributed by atoms with van der Waals surface area (Å²) < 4.78 is 68.9. The molecule has 0 N–H and O–H groups in total. The van der Waals surface area contributed by atoms with Gasteiger partial charge in [-0.05, 0) is 84.9 Å². The van der Waals surface area contributed by atoms with Crippen LogP contribution in [-0.2, 0) is 52.1 Å². The number of hydrogen-bond acceptors (Lipinski definition) is 18. The fourth-order valence-electron chi connectivity index (χ4n) is 8.77. The summed E-state index contributed by atoms with van der Waals surface area (Å²) in [5.41, 5.74) is 0.502. The third-order valence-corrected chi connectivity index (χ3v) is 12.7. The largest absolute Gasteiger partial charge is 0.459 e. The second kappa shape index (κ2) is 26.8. The summed E-state index contributed by atoms with van der Waals surface area (Å²) in [4.78, 5) is 99.2. The van der Waals surface area contributed by atoms with Gasteiger partial charge in [-0.3, -0.25) is 0 Å². The van der Waals surface area contributed by atoms with Crippen LogP contribution >= 0.6 is 0 Å². The molecule has 0 radical (unpaired) electrons. The molecule has 18 nitrogen and oxygen atoms in total. The first-order chi connectivity index (χ1) is 39.0. The Morgan fingerprint density at radius 2 is 0.537 bits per heavy atom. The summed E-state index contributed by atoms with van der Waals surface area (Å²) in [7, 11) is 1.24. The number of hydrogen-bond donors (Lipinski definition) is 0. The maximum absolute atomic E-state index is 14.5. The smallest absolute Gasteiger partial charge is 0.338 e. The Labute approximate surface area is 458 Å². The lowest BCUT2D eigenvalue weighted by atomic mass is 9.95. The molecule has 7 aromatic rings. The molecule has 2 aliphatic rings. The zero-order valence-electron chi connectivity index (χ0n) is 42.7. The number of ether oxygens (including phenoxy) is 11. The van der Waals surface area contributed by atoms with Crippen molar-refractivity contribution in [1.82, 2.24) is 0 Å². The molecule has 9 rings (SSSR count). The van der Waals surface area contributed by atoms with Crippen LogP contribution in [0.1, 0.15) is 72.5 Å². The molecule has 0 amide bonds. The van der Waals surface area contributed by atoms with Crippen molar-refractivity contribution in [3.8, 4) is 0 Å². The number of carbonyl (C=O) groups excluding carboxylic acids is 7. The summed E-state index contributed by atoms with van der Waals surface area (Å²) in [5, 5.41) is 0. The van der Waals surface area contributed by atoms with Gasteiger partial charge in [-0.25, -0.2) is 33.6 Å². The highest BCUT2D eigenvalue weighted by atomic mass is 16.8. The maximum atomic E-state index is 14.5. The van der Waals surface area contributed by atoms with Gasteiger partial charge in [0.05, 0.1) is 38.9 Å². The van der Waals surface area contributed by atoms with Gasteiger partial charge in [0.2, 0.25) is 0 Å². The highest BCUT2D eigenvalue weighted by molar-refractivity contribution is 5.93. The molecule has 0 bridgehead atoms. The van der Waals surface area contributed by atoms with Crippen LogP contribution in [0.5, 0.6) is 0 Å². The van der Waals surface area contributed by atoms with Crippen molar-refractivity contribution in [3.05, 3.63) is 251 Å². The van der Waals surface area contributed by atoms with Gasteiger partial charge >= 0.3 is 41.8 Å². The quantitative estimate of drug-likeness (QED) is 0.0549. The van der Waals surface area contributed by atoms with E-state index in [9.17, 15) is 33.6 Å². The van der Waals surface area contributed by atoms with Crippen LogP contribution in [0.25, 0.3) is 0 Å². The summed E-state index contributed by atoms with van der Waals surface area (Å²) in [6.07, 6.45) is -17.7. The summed E-state index contributed by atoms with van der Waals surface area (Å²) in [5.74, 6) is -6.45. The molecule has 18 heteroatoms. The van der Waals surface area contributed by atoms with Crippen LogP contribution in [0.4, 0.5) is 0 Å². The number of carbonyl (C=O) groups is 7. The van der Waals surface area contributed by atoms with Gasteiger partial charge in [-0.15, -0.1) is 0 Å². The Morgan fingerprint density at radius 1 is 0.300 bits per heavy atom. The van der Waals surface area contributed by atoms with Gasteiger partial charge in [-0.2, -0.15) is 0 Å². The van der Waals surface area contributed by atoms with Gasteiger partial charge in [0.15, 0.2) is 43.1 Å². The molecule has 80 heavy (non-hydrogen) atoms. The van der Waals surface area contributed by atoms with Gasteiger partial charge in [0.25, 0.3) is 0 Å². The molecule has 2 fully saturated rings. The highest BCUT2D eigenvalue weighted by Crippen LogP contribution is 2.37. The average molecular weight is 1090 g/mol. The fourth-order valence-corrected chi connectivity index (χ4v) is 8.77. The van der Waals surface area contributed by atoms with Crippen LogP contribution in [0.2, 0.25) is 0 Å². The van der Waals surface area contributed by atoms with Crippen LogP contribution in [0.3, 0.4) is 0 Å². The first-order valence-corrected chi connectivity index (χ1v) is 25.3. The summed E-state index contributed by atoms with van der Waals surface area (Å²) in [6, 6.07) is 54.9. The molecule has 2 saturated heterocycles. The Bertz CT molecular complexity index is 3190. The molecule has 0 aliphatic carbocycles. The maximum Gasteiger partial charge on any atom is 0.338 e. The Balaban J connectivity index is 1.19. The molecule has 10 atom stereocenters. The number of esters is 7. The van der Waals surface area contributed by atoms with Crippen molar-refractivity contribution >= 4 is 41.8 Å². The van der Waals surface area contributed by atoms with E-state index in [2.05, 4.69) is 0 Å². The minimum absolute atomic E-state index is 0.00771. The van der Waals surface area contributed by atoms with Crippen molar-refractivity contribution in [2.45, 2.75) is 61.4 Å². The third-order valence-electron chi connectivity index (χ3n) is 12.7. The number of methoxy groups -OCH3 is 1. The van der Waals surface area contributed by atoms with Crippen molar-refractivity contribution in [2.75, 3.05) is 20.3 Å². The Hall–Kier alpha value is -9.33. The lowest BCUT2D eigenvalue weighted by Crippen LogP contribution is -2.67. The highest BCUT2D eigenvalue weighted by Gasteiger charge is 2.58. The molecule has 2 aliphatic heterocycles. The standard InChI is InChI=1S/C62H52O18/c1-70-61-52(78-59(68)44-33-19-7-20-34-44)51(77-58(67)43-31-17-6-18-32-43)49(47(73-61)38-72-55(64)40-25-11-3-12-26-40)80-62-53(79-60(69)45-35-21-8-22-36-45)50(76-57(66)42-29-15-5-16-30-42)48(75-56(65)41-27-13-4-14-28-41)46(74-62)37-71-54(63)39-23-9-2-10-24-39/h2-36,46-53,61-62H,37-38H2,1H3/t46?,47?,48-,49+,50-,51?,52?,53?,61-,62-/m0/s1. The SMILES string of the molecule is CO[C@H]1OC(COC(=O)c2ccccc2)[C@@H](O[C@@H]2OC(COC(=O)c3ccccc3)[C@H](OC(=O)c3ccccc3)[C@H](OC(=O)c3ccccc3)C2OC(=O)c2ccccc2)C(OC(=O)c2ccccc2)C1OC(=O)c1ccccc1. The number of benzene rings is 7. The minimum Gasteiger partial charge on any atom is -0.459 e. The topological polar surface area (TPSA) is 221 Å². The normalized spacial score (nSPS) is 22.3. The van der Waals surface area contributed by atoms with E-state index in [0.29, 0.717) is 0 Å². The minimum atomic E-state index is -2.04. The van der Waals surface area contributed by atoms with Crippen LogP contribution in [0, 0.1) is 0 Å². The molecule has 2 heterocycles. The molecule has 0 saturated carbocycles. The molecule has 5 unspecified atom stereocenters. The zero-order valence-corrected chi connectivity index (χ0v) is 42.7. The molecule has 0 spiro atoms. The van der Waals surface area contributed by atoms with Crippen LogP contribution < -0.4 is 0 Å². The Kier molecular flexibility index (Phi) is 18.6. The van der Waals surface area contributed by atoms with Crippen molar-refractivity contribution in [1.29, 1.82) is 0 Å². The molecular weight excluding hydrogens is 1030 g/mol. The van der Waals surface area contributed by atoms with Crippen molar-refractivity contribution in [2.24, 2.45) is 0 Å². The third kappa shape index (κ3) is 13.9. The zero-order chi connectivity index (χ0) is 55.8. The molecule has 7 aromatic carbocycles. The van der Waals surface area contributed by atoms with Gasteiger partial charge in [-0.1, -0.05) is 127 Å². The predicted molar refractivity (Wildman–Crippen MR) is 281 cm³/mol. The molecular formula is C62H52O18. The first kappa shape index (κ1) is 55.4. The van der Waals surface area contributed by atoms with E-state index in [1.807, 2.05) is 0 Å². The fraction of sp³-hybridized carbons (Fsp3) is 0.210. The second-order valence-corrected chi connectivity index (χ2v) is 18.0. The lowest BCUT2D eigenvalue weighted by molar-refractivity contribution is -0.354. The predicted octanol–water partition coefficient (Wildman–Crippen LogP) is 8.31. The van der Waals surface area contributed by atoms with E-state index in [0.717, 1.165) is 0 Å². The molecule has 408 valence electrons. The van der Waals surface area contributed by atoms with Gasteiger partial charge in [0, 0.05) is 7.11 Å². The van der Waals surface area contributed by atoms with E-state index in [-0.39, 0.29) is 38.9 Å². The molecule has 0 aromatic heterocycles. The second-order valence-electron chi connectivity index (χ2n) is 18.0. The van der Waals surface area contributed by atoms with E-state index in [1.165, 1.54) is 92.0 Å². The monoisotopic (exact) mass is 1080 g/mol. The van der Waals surface area contributed by atoms with E-state index in [1.54, 1.807) is 127 Å². The lowest BCUT2D eigenvalue weighted by Gasteiger charge is -2.48. The van der Waals surface area contributed by atoms with Gasteiger partial charge in [0.1, 0.15) is 31.5 Å². The van der Waals surface area contributed by atoms with Gasteiger partial charge < -0.3 is 52.1 Å². The van der Waals surface area contributed by atoms with Crippen LogP contribution in [0.15, 0.2) is 212 Å². The van der Waals surface area contributed by atoms with Crippen molar-refractivity contribution < 1.29 is 85.7 Å². The van der Waals surface area contributed by atoms with E-state index < -0.39 is 116 Å². The Morgan fingerprint density at radius 3 is 0.850 bits per heavy atom. The first-order valence-electron chi connectivity index (χ1n) is 25.3. The van der Waals surface area contributed by atoms with Crippen LogP contribution in [-0.4, -0.2) is 124 Å². The number of rotatable bonds is 19. The van der Waals surface area contributed by atoms with E-state index in [4.69, 9.17) is 52.1 Å². The van der Waals surface area contributed by atoms with Crippen molar-refractivity contribution in [3.63, 3.8) is 0 Å². The van der Waals surface area contributed by atoms with E-state index >= 15 is 0 Å². The summed E-state index contributed by atoms with van der Waals surface area (Å²) in [6.45, 7) is -1.39. The average Bonchev–Trinajstić information content (AvgIpc) is 3.71. The summed E-state index contributed by atoms with van der Waals surface area (Å²) >= 11 is 0.